The van der Waals surface area contributed by atoms with Crippen LogP contribution in [0.3, 0.4) is 0 Å². The Kier molecular flexibility index (Phi) is 6.22. The van der Waals surface area contributed by atoms with Crippen LogP contribution < -0.4 is 16.8 Å². The molecule has 0 aliphatic carbocycles. The van der Waals surface area contributed by atoms with Crippen LogP contribution in [-0.4, -0.2) is 58.2 Å². The summed E-state index contributed by atoms with van der Waals surface area (Å²) < 4.78 is 2.07. The van der Waals surface area contributed by atoms with Gasteiger partial charge in [-0.05, 0) is 47.5 Å². The number of carbonyl (C=O) groups excluding carboxylic acids is 3. The van der Waals surface area contributed by atoms with Crippen LogP contribution in [-0.2, 0) is 11.2 Å². The van der Waals surface area contributed by atoms with Crippen molar-refractivity contribution in [1.82, 2.24) is 19.6 Å². The van der Waals surface area contributed by atoms with E-state index in [4.69, 9.17) is 16.5 Å². The molecule has 0 unspecified atom stereocenters. The lowest BCUT2D eigenvalue weighted by Crippen LogP contribution is -2.48. The number of amides is 3. The molecule has 5 N–H and O–H groups in total. The molecule has 182 valence electrons. The average molecular weight is 483 g/mol. The minimum Gasteiger partial charge on any atom is -0.366 e. The molecule has 0 spiro atoms. The van der Waals surface area contributed by atoms with Gasteiger partial charge in [-0.25, -0.2) is 4.98 Å². The first kappa shape index (κ1) is 23.3. The first-order chi connectivity index (χ1) is 17.4. The van der Waals surface area contributed by atoms with Gasteiger partial charge in [0.25, 0.3) is 0 Å². The maximum Gasteiger partial charge on any atom is 0.248 e. The van der Waals surface area contributed by atoms with Crippen molar-refractivity contribution in [3.05, 3.63) is 83.7 Å². The molecule has 3 heterocycles. The Morgan fingerprint density at radius 1 is 0.861 bits per heavy atom. The smallest absolute Gasteiger partial charge is 0.248 e. The Bertz CT molecular complexity index is 1460. The van der Waals surface area contributed by atoms with Crippen molar-refractivity contribution in [3.63, 3.8) is 0 Å². The van der Waals surface area contributed by atoms with Crippen LogP contribution in [0.1, 0.15) is 26.4 Å². The monoisotopic (exact) mass is 482 g/mol. The summed E-state index contributed by atoms with van der Waals surface area (Å²) in [5, 5.41) is 2.86. The largest absolute Gasteiger partial charge is 0.366 e. The number of carbonyl (C=O) groups is 3. The van der Waals surface area contributed by atoms with Crippen LogP contribution in [0.2, 0.25) is 0 Å². The molecule has 1 saturated heterocycles. The predicted molar refractivity (Wildman–Crippen MR) is 136 cm³/mol. The second-order valence-electron chi connectivity index (χ2n) is 8.81. The lowest BCUT2D eigenvalue weighted by Gasteiger charge is -2.26. The lowest BCUT2D eigenvalue weighted by molar-refractivity contribution is -0.124. The van der Waals surface area contributed by atoms with E-state index in [1.54, 1.807) is 24.3 Å². The van der Waals surface area contributed by atoms with Gasteiger partial charge in [-0.2, -0.15) is 0 Å². The number of pyridine rings is 1. The van der Waals surface area contributed by atoms with E-state index in [0.717, 1.165) is 40.3 Å². The van der Waals surface area contributed by atoms with Gasteiger partial charge >= 0.3 is 0 Å². The first-order valence-electron chi connectivity index (χ1n) is 11.7. The number of piperazine rings is 1. The maximum atomic E-state index is 11.9. The van der Waals surface area contributed by atoms with Gasteiger partial charge < -0.3 is 21.2 Å². The number of nitrogens with one attached hydrogen (secondary N) is 1. The zero-order valence-corrected chi connectivity index (χ0v) is 19.6. The molecule has 2 aromatic carbocycles. The number of nitrogens with zero attached hydrogens (tertiary/aromatic N) is 3. The number of aromatic nitrogens is 2. The number of primary amides is 2. The number of benzene rings is 2. The van der Waals surface area contributed by atoms with Crippen LogP contribution >= 0.6 is 0 Å². The molecule has 3 amide bonds. The Labute approximate surface area is 207 Å². The van der Waals surface area contributed by atoms with E-state index in [1.807, 2.05) is 42.6 Å². The van der Waals surface area contributed by atoms with Gasteiger partial charge in [0.1, 0.15) is 5.65 Å². The van der Waals surface area contributed by atoms with Crippen LogP contribution in [0, 0.1) is 0 Å². The van der Waals surface area contributed by atoms with Crippen molar-refractivity contribution < 1.29 is 14.4 Å². The predicted octanol–water partition coefficient (Wildman–Crippen LogP) is 1.84. The molecular weight excluding hydrogens is 456 g/mol. The second kappa shape index (κ2) is 9.63. The fourth-order valence-electron chi connectivity index (χ4n) is 4.50. The summed E-state index contributed by atoms with van der Waals surface area (Å²) in [5.41, 5.74) is 17.1. The summed E-state index contributed by atoms with van der Waals surface area (Å²) in [6.07, 6.45) is 2.70. The van der Waals surface area contributed by atoms with E-state index >= 15 is 0 Å². The molecule has 36 heavy (non-hydrogen) atoms. The lowest BCUT2D eigenvalue weighted by atomic mass is 10.0. The van der Waals surface area contributed by atoms with Crippen LogP contribution in [0.25, 0.3) is 28.0 Å². The Morgan fingerprint density at radius 2 is 1.47 bits per heavy atom. The molecule has 0 atom stereocenters. The van der Waals surface area contributed by atoms with E-state index in [-0.39, 0.29) is 5.91 Å². The summed E-state index contributed by atoms with van der Waals surface area (Å²) in [4.78, 5) is 41.9. The number of fused-ring (bicyclic) bond motifs is 1. The van der Waals surface area contributed by atoms with Crippen LogP contribution in [0.15, 0.2) is 66.9 Å². The first-order valence-corrected chi connectivity index (χ1v) is 11.7. The highest BCUT2D eigenvalue weighted by molar-refractivity contribution is 5.94. The quantitative estimate of drug-likeness (QED) is 0.369. The van der Waals surface area contributed by atoms with Gasteiger partial charge in [-0.15, -0.1) is 0 Å². The minimum absolute atomic E-state index is 0.0309. The Balaban J connectivity index is 1.55. The maximum absolute atomic E-state index is 11.9. The van der Waals surface area contributed by atoms with E-state index in [1.165, 1.54) is 0 Å². The highest BCUT2D eigenvalue weighted by Crippen LogP contribution is 2.28. The van der Waals surface area contributed by atoms with Crippen LogP contribution in [0.5, 0.6) is 0 Å². The van der Waals surface area contributed by atoms with Crippen molar-refractivity contribution in [2.45, 2.75) is 6.42 Å². The molecule has 5 rings (SSSR count). The molecular formula is C27H26N6O3. The van der Waals surface area contributed by atoms with Gasteiger partial charge in [0.2, 0.25) is 17.7 Å². The van der Waals surface area contributed by atoms with E-state index in [2.05, 4.69) is 14.6 Å². The summed E-state index contributed by atoms with van der Waals surface area (Å²) in [5.74, 6) is -0.914. The molecule has 0 saturated carbocycles. The number of rotatable bonds is 7. The summed E-state index contributed by atoms with van der Waals surface area (Å²) in [6.45, 7) is 2.50. The number of hydrogen-bond acceptors (Lipinski definition) is 5. The molecule has 1 aliphatic rings. The summed E-state index contributed by atoms with van der Waals surface area (Å²) >= 11 is 0. The van der Waals surface area contributed by atoms with Gasteiger partial charge in [-0.1, -0.05) is 24.3 Å². The van der Waals surface area contributed by atoms with Crippen LogP contribution in [0.4, 0.5) is 0 Å². The van der Waals surface area contributed by atoms with Gasteiger partial charge in [0.05, 0.1) is 17.9 Å². The highest BCUT2D eigenvalue weighted by Gasteiger charge is 2.20. The average Bonchev–Trinajstić information content (AvgIpc) is 3.25. The zero-order valence-electron chi connectivity index (χ0n) is 19.6. The Morgan fingerprint density at radius 3 is 2.08 bits per heavy atom. The third kappa shape index (κ3) is 4.69. The number of nitrogens with two attached hydrogens (primary N) is 2. The van der Waals surface area contributed by atoms with E-state index < -0.39 is 11.8 Å². The minimum atomic E-state index is -0.479. The third-order valence-electron chi connectivity index (χ3n) is 6.45. The molecule has 0 radical (unpaired) electrons. The SMILES string of the molecule is NC(=O)c1ccc(-c2ccc3nc(-c4ccc(C(N)=O)cc4)c(CCN4CCNC(=O)C4)n3c2)cc1. The van der Waals surface area contributed by atoms with Crippen molar-refractivity contribution in [2.75, 3.05) is 26.2 Å². The van der Waals surface area contributed by atoms with Crippen molar-refractivity contribution in [1.29, 1.82) is 0 Å². The number of imidazole rings is 1. The highest BCUT2D eigenvalue weighted by atomic mass is 16.2. The fraction of sp³-hybridized carbons (Fsp3) is 0.185. The Hall–Kier alpha value is -4.50. The number of hydrogen-bond donors (Lipinski definition) is 3. The summed E-state index contributed by atoms with van der Waals surface area (Å²) in [7, 11) is 0. The topological polar surface area (TPSA) is 136 Å². The summed E-state index contributed by atoms with van der Waals surface area (Å²) in [6, 6.07) is 18.2. The molecule has 9 nitrogen and oxygen atoms in total. The van der Waals surface area contributed by atoms with Gasteiger partial charge in [0.15, 0.2) is 0 Å². The molecule has 0 bridgehead atoms. The molecule has 1 fully saturated rings. The molecule has 1 aliphatic heterocycles. The van der Waals surface area contributed by atoms with Gasteiger partial charge in [0, 0.05) is 48.9 Å². The normalized spacial score (nSPS) is 14.1. The van der Waals surface area contributed by atoms with E-state index in [0.29, 0.717) is 37.2 Å². The molecule has 2 aromatic heterocycles. The fourth-order valence-corrected chi connectivity index (χ4v) is 4.50. The second-order valence-corrected chi connectivity index (χ2v) is 8.81. The van der Waals surface area contributed by atoms with Crippen molar-refractivity contribution in [2.24, 2.45) is 11.5 Å². The third-order valence-corrected chi connectivity index (χ3v) is 6.45. The standard InChI is InChI=1S/C27H26N6O3/c28-26(35)19-5-1-17(2-6-19)21-9-10-23-31-25(18-3-7-20(8-4-18)27(29)36)22(33(23)15-21)11-13-32-14-12-30-24(34)16-32/h1-10,15H,11-14,16H2,(H2,28,35)(H2,29,36)(H,30,34). The van der Waals surface area contributed by atoms with E-state index in [9.17, 15) is 14.4 Å². The van der Waals surface area contributed by atoms with Gasteiger partial charge in [-0.3, -0.25) is 19.3 Å². The zero-order chi connectivity index (χ0) is 25.2. The van der Waals surface area contributed by atoms with Crippen molar-refractivity contribution >= 4 is 23.4 Å². The van der Waals surface area contributed by atoms with Crippen molar-refractivity contribution in [3.8, 4) is 22.4 Å². The molecule has 9 heteroatoms. The molecule has 4 aromatic rings.